The summed E-state index contributed by atoms with van der Waals surface area (Å²) in [5, 5.41) is 2.93. The number of ether oxygens (including phenoxy) is 2. The predicted octanol–water partition coefficient (Wildman–Crippen LogP) is 2.17. The SMILES string of the molecule is C[C@@H](C(=O)Nc1ccc2c(c1)OCO2)[NH+](C)Cc1ccc(Cl)s1. The van der Waals surface area contributed by atoms with Crippen LogP contribution in [0, 0.1) is 0 Å². The lowest BCUT2D eigenvalue weighted by Crippen LogP contribution is -3.12. The molecule has 0 bridgehead atoms. The fraction of sp³-hybridized carbons (Fsp3) is 0.312. The van der Waals surface area contributed by atoms with Gasteiger partial charge >= 0.3 is 0 Å². The van der Waals surface area contributed by atoms with Gasteiger partial charge in [-0.2, -0.15) is 0 Å². The van der Waals surface area contributed by atoms with Crippen LogP contribution in [0.4, 0.5) is 5.69 Å². The average Bonchev–Trinajstić information content (AvgIpc) is 3.14. The van der Waals surface area contributed by atoms with Gasteiger partial charge in [0.1, 0.15) is 6.54 Å². The number of anilines is 1. The van der Waals surface area contributed by atoms with Gasteiger partial charge in [0, 0.05) is 11.8 Å². The number of hydrogen-bond donors (Lipinski definition) is 2. The Bertz CT molecular complexity index is 719. The molecule has 0 spiro atoms. The van der Waals surface area contributed by atoms with E-state index in [9.17, 15) is 4.79 Å². The number of quaternary nitrogens is 1. The molecule has 1 unspecified atom stereocenters. The topological polar surface area (TPSA) is 52.0 Å². The van der Waals surface area contributed by atoms with Crippen molar-refractivity contribution in [1.82, 2.24) is 0 Å². The molecular weight excluding hydrogens is 336 g/mol. The smallest absolute Gasteiger partial charge is 0.282 e. The van der Waals surface area contributed by atoms with E-state index in [1.807, 2.05) is 32.2 Å². The van der Waals surface area contributed by atoms with E-state index in [-0.39, 0.29) is 18.7 Å². The van der Waals surface area contributed by atoms with Crippen LogP contribution in [0.2, 0.25) is 4.34 Å². The zero-order valence-corrected chi connectivity index (χ0v) is 14.5. The lowest BCUT2D eigenvalue weighted by molar-refractivity contribution is -0.907. The van der Waals surface area contributed by atoms with Crippen LogP contribution in [-0.4, -0.2) is 25.8 Å². The van der Waals surface area contributed by atoms with Gasteiger partial charge in [0.05, 0.1) is 16.3 Å². The molecule has 0 saturated heterocycles. The number of carbonyl (C=O) groups excluding carboxylic acids is 1. The second-order valence-electron chi connectivity index (χ2n) is 5.51. The highest BCUT2D eigenvalue weighted by atomic mass is 35.5. The third-order valence-corrected chi connectivity index (χ3v) is 5.09. The van der Waals surface area contributed by atoms with E-state index in [0.29, 0.717) is 17.2 Å². The van der Waals surface area contributed by atoms with Crippen molar-refractivity contribution >= 4 is 34.5 Å². The van der Waals surface area contributed by atoms with Crippen molar-refractivity contribution < 1.29 is 19.2 Å². The molecule has 23 heavy (non-hydrogen) atoms. The normalized spacial score (nSPS) is 15.3. The minimum absolute atomic E-state index is 0.0379. The molecule has 1 aromatic heterocycles. The van der Waals surface area contributed by atoms with Crippen LogP contribution in [0.15, 0.2) is 30.3 Å². The van der Waals surface area contributed by atoms with Gasteiger partial charge < -0.3 is 19.7 Å². The monoisotopic (exact) mass is 353 g/mol. The molecule has 122 valence electrons. The fourth-order valence-corrected chi connectivity index (χ4v) is 3.51. The molecule has 0 radical (unpaired) electrons. The van der Waals surface area contributed by atoms with Gasteiger partial charge in [-0.25, -0.2) is 0 Å². The van der Waals surface area contributed by atoms with E-state index < -0.39 is 0 Å². The van der Waals surface area contributed by atoms with Crippen LogP contribution >= 0.6 is 22.9 Å². The van der Waals surface area contributed by atoms with Gasteiger partial charge in [0.15, 0.2) is 17.5 Å². The summed E-state index contributed by atoms with van der Waals surface area (Å²) in [4.78, 5) is 14.7. The summed E-state index contributed by atoms with van der Waals surface area (Å²) in [5.41, 5.74) is 0.707. The van der Waals surface area contributed by atoms with Crippen molar-refractivity contribution in [3.8, 4) is 11.5 Å². The lowest BCUT2D eigenvalue weighted by Gasteiger charge is -2.20. The maximum atomic E-state index is 12.4. The van der Waals surface area contributed by atoms with Crippen molar-refractivity contribution in [3.05, 3.63) is 39.5 Å². The third kappa shape index (κ3) is 3.77. The second kappa shape index (κ2) is 6.78. The van der Waals surface area contributed by atoms with Crippen LogP contribution in [0.1, 0.15) is 11.8 Å². The average molecular weight is 354 g/mol. The molecule has 0 aliphatic carbocycles. The molecule has 7 heteroatoms. The number of rotatable bonds is 5. The standard InChI is InChI=1S/C16H17ClN2O3S/c1-10(19(2)8-12-4-6-15(17)23-12)16(20)18-11-3-5-13-14(7-11)22-9-21-13/h3-7,10H,8-9H2,1-2H3,(H,18,20)/p+1/t10-/m0/s1. The Morgan fingerprint density at radius 2 is 2.13 bits per heavy atom. The maximum absolute atomic E-state index is 12.4. The third-order valence-electron chi connectivity index (χ3n) is 3.85. The van der Waals surface area contributed by atoms with Gasteiger partial charge in [0.2, 0.25) is 6.79 Å². The largest absolute Gasteiger partial charge is 0.454 e. The van der Waals surface area contributed by atoms with Gasteiger partial charge in [-0.05, 0) is 31.2 Å². The fourth-order valence-electron chi connectivity index (χ4n) is 2.32. The quantitative estimate of drug-likeness (QED) is 0.866. The van der Waals surface area contributed by atoms with Crippen LogP contribution < -0.4 is 19.7 Å². The van der Waals surface area contributed by atoms with E-state index >= 15 is 0 Å². The number of hydrogen-bond acceptors (Lipinski definition) is 4. The summed E-state index contributed by atoms with van der Waals surface area (Å²) in [6, 6.07) is 9.08. The first-order chi connectivity index (χ1) is 11.0. The summed E-state index contributed by atoms with van der Waals surface area (Å²) in [6.07, 6.45) is 0. The minimum Gasteiger partial charge on any atom is -0.454 e. The van der Waals surface area contributed by atoms with Gasteiger partial charge in [-0.15, -0.1) is 11.3 Å². The number of likely N-dealkylation sites (N-methyl/N-ethyl adjacent to an activating group) is 1. The number of amides is 1. The molecule has 2 N–H and O–H groups in total. The summed E-state index contributed by atoms with van der Waals surface area (Å²) in [5.74, 6) is 1.32. The van der Waals surface area contributed by atoms with Crippen molar-refractivity contribution in [2.45, 2.75) is 19.5 Å². The molecule has 1 aliphatic heterocycles. The zero-order chi connectivity index (χ0) is 16.4. The minimum atomic E-state index is -0.193. The van der Waals surface area contributed by atoms with Gasteiger partial charge in [0.25, 0.3) is 5.91 Å². The molecule has 0 fully saturated rings. The van der Waals surface area contributed by atoms with Gasteiger partial charge in [-0.1, -0.05) is 11.6 Å². The van der Waals surface area contributed by atoms with Crippen LogP contribution in [0.25, 0.3) is 0 Å². The number of carbonyl (C=O) groups is 1. The Morgan fingerprint density at radius 1 is 1.35 bits per heavy atom. The summed E-state index contributed by atoms with van der Waals surface area (Å²) in [7, 11) is 2.00. The highest BCUT2D eigenvalue weighted by Gasteiger charge is 2.23. The summed E-state index contributed by atoms with van der Waals surface area (Å²) >= 11 is 7.49. The molecule has 1 aromatic carbocycles. The molecule has 1 aliphatic rings. The van der Waals surface area contributed by atoms with Gasteiger partial charge in [-0.3, -0.25) is 4.79 Å². The van der Waals surface area contributed by atoms with E-state index in [4.69, 9.17) is 21.1 Å². The first-order valence-corrected chi connectivity index (χ1v) is 8.49. The van der Waals surface area contributed by atoms with Crippen molar-refractivity contribution in [1.29, 1.82) is 0 Å². The molecule has 2 aromatic rings. The highest BCUT2D eigenvalue weighted by molar-refractivity contribution is 7.16. The molecule has 3 rings (SSSR count). The van der Waals surface area contributed by atoms with Crippen LogP contribution in [0.3, 0.4) is 0 Å². The van der Waals surface area contributed by atoms with Crippen LogP contribution in [0.5, 0.6) is 11.5 Å². The molecule has 5 nitrogen and oxygen atoms in total. The van der Waals surface area contributed by atoms with Crippen molar-refractivity contribution in [2.24, 2.45) is 0 Å². The van der Waals surface area contributed by atoms with Crippen molar-refractivity contribution in [2.75, 3.05) is 19.2 Å². The first kappa shape index (κ1) is 16.1. The van der Waals surface area contributed by atoms with E-state index in [2.05, 4.69) is 5.32 Å². The Labute approximate surface area is 143 Å². The maximum Gasteiger partial charge on any atom is 0.282 e. The van der Waals surface area contributed by atoms with Crippen molar-refractivity contribution in [3.63, 3.8) is 0 Å². The Balaban J connectivity index is 1.60. The number of halogens is 1. The molecular formula is C16H18ClN2O3S+. The van der Waals surface area contributed by atoms with E-state index in [1.54, 1.807) is 23.5 Å². The first-order valence-electron chi connectivity index (χ1n) is 7.30. The van der Waals surface area contributed by atoms with E-state index in [1.165, 1.54) is 0 Å². The highest BCUT2D eigenvalue weighted by Crippen LogP contribution is 2.34. The lowest BCUT2D eigenvalue weighted by atomic mass is 10.2. The predicted molar refractivity (Wildman–Crippen MR) is 90.6 cm³/mol. The molecule has 0 saturated carbocycles. The second-order valence-corrected chi connectivity index (χ2v) is 7.31. The Hall–Kier alpha value is -1.76. The Kier molecular flexibility index (Phi) is 4.75. The van der Waals surface area contributed by atoms with E-state index in [0.717, 1.165) is 20.7 Å². The zero-order valence-electron chi connectivity index (χ0n) is 12.9. The number of thiophene rings is 1. The van der Waals surface area contributed by atoms with Crippen LogP contribution in [-0.2, 0) is 11.3 Å². The molecule has 2 heterocycles. The molecule has 1 amide bonds. The summed E-state index contributed by atoms with van der Waals surface area (Å²) in [6.45, 7) is 2.89. The number of fused-ring (bicyclic) bond motifs is 1. The summed E-state index contributed by atoms with van der Waals surface area (Å²) < 4.78 is 11.4. The molecule has 2 atom stereocenters. The number of nitrogens with one attached hydrogen (secondary N) is 2. The number of benzene rings is 1. The Morgan fingerprint density at radius 3 is 2.87 bits per heavy atom.